The Balaban J connectivity index is 1.73. The van der Waals surface area contributed by atoms with Gasteiger partial charge < -0.3 is 10.5 Å². The molecule has 3 aromatic heterocycles. The number of rotatable bonds is 6. The Morgan fingerprint density at radius 2 is 2.12 bits per heavy atom. The lowest BCUT2D eigenvalue weighted by Crippen LogP contribution is -2.00. The van der Waals surface area contributed by atoms with Crippen molar-refractivity contribution in [1.29, 1.82) is 0 Å². The predicted molar refractivity (Wildman–Crippen MR) is 98.1 cm³/mol. The third-order valence-corrected chi connectivity index (χ3v) is 4.33. The van der Waals surface area contributed by atoms with Crippen LogP contribution in [0.1, 0.15) is 12.8 Å². The van der Waals surface area contributed by atoms with E-state index in [9.17, 15) is 0 Å². The number of methoxy groups -OCH3 is 1. The van der Waals surface area contributed by atoms with E-state index in [0.29, 0.717) is 5.82 Å². The summed E-state index contributed by atoms with van der Waals surface area (Å²) in [6, 6.07) is 8.03. The molecule has 0 amide bonds. The van der Waals surface area contributed by atoms with Gasteiger partial charge in [0.25, 0.3) is 0 Å². The van der Waals surface area contributed by atoms with Crippen LogP contribution in [-0.4, -0.2) is 38.7 Å². The highest BCUT2D eigenvalue weighted by atomic mass is 16.5. The van der Waals surface area contributed by atoms with Gasteiger partial charge in [0.2, 0.25) is 0 Å². The highest BCUT2D eigenvalue weighted by molar-refractivity contribution is 6.08. The predicted octanol–water partition coefficient (Wildman–Crippen LogP) is 2.98. The second-order valence-corrected chi connectivity index (χ2v) is 6.05. The molecule has 0 bridgehead atoms. The largest absolute Gasteiger partial charge is 0.385 e. The van der Waals surface area contributed by atoms with Gasteiger partial charge in [-0.15, -0.1) is 0 Å². The number of H-pyrrole nitrogens is 1. The summed E-state index contributed by atoms with van der Waals surface area (Å²) in [7, 11) is 1.72. The molecule has 0 spiro atoms. The van der Waals surface area contributed by atoms with Gasteiger partial charge in [0.1, 0.15) is 11.3 Å². The van der Waals surface area contributed by atoms with Crippen molar-refractivity contribution in [3.05, 3.63) is 36.7 Å². The zero-order chi connectivity index (χ0) is 17.2. The number of nitrogens with one attached hydrogen (secondary N) is 1. The Kier molecular flexibility index (Phi) is 4.07. The number of hydrogen-bond donors (Lipinski definition) is 2. The van der Waals surface area contributed by atoms with Crippen molar-refractivity contribution in [2.24, 2.45) is 0 Å². The summed E-state index contributed by atoms with van der Waals surface area (Å²) >= 11 is 0. The standard InChI is InChI=1S/C18H20N6O/c1-25-9-3-2-8-24-11-14-17(23-24)13-5-4-12(15-6-7-20-22-15)10-16(13)21-18(14)19/h4-7,10-11H,2-3,8-9H2,1H3,(H2,19,21)(H,20,22). The molecule has 0 aliphatic heterocycles. The molecule has 0 saturated heterocycles. The molecule has 7 nitrogen and oxygen atoms in total. The molecule has 0 aliphatic rings. The molecule has 25 heavy (non-hydrogen) atoms. The van der Waals surface area contributed by atoms with Crippen molar-refractivity contribution in [2.45, 2.75) is 19.4 Å². The summed E-state index contributed by atoms with van der Waals surface area (Å²) < 4.78 is 7.04. The summed E-state index contributed by atoms with van der Waals surface area (Å²) in [5.74, 6) is 0.507. The second kappa shape index (κ2) is 6.52. The lowest BCUT2D eigenvalue weighted by atomic mass is 10.1. The van der Waals surface area contributed by atoms with E-state index in [4.69, 9.17) is 15.6 Å². The van der Waals surface area contributed by atoms with Gasteiger partial charge in [0.15, 0.2) is 0 Å². The first kappa shape index (κ1) is 15.6. The highest BCUT2D eigenvalue weighted by Crippen LogP contribution is 2.29. The molecule has 3 heterocycles. The number of pyridine rings is 1. The topological polar surface area (TPSA) is 94.6 Å². The van der Waals surface area contributed by atoms with E-state index >= 15 is 0 Å². The molecule has 7 heteroatoms. The first-order valence-electron chi connectivity index (χ1n) is 8.31. The first-order chi connectivity index (χ1) is 12.3. The fourth-order valence-electron chi connectivity index (χ4n) is 3.04. The minimum absolute atomic E-state index is 0.507. The number of aromatic amines is 1. The van der Waals surface area contributed by atoms with Crippen LogP contribution in [0.25, 0.3) is 33.1 Å². The van der Waals surface area contributed by atoms with E-state index in [2.05, 4.69) is 15.2 Å². The number of fused-ring (bicyclic) bond motifs is 3. The van der Waals surface area contributed by atoms with Crippen LogP contribution < -0.4 is 5.73 Å². The number of nitrogens with zero attached hydrogens (tertiary/aromatic N) is 4. The molecule has 0 unspecified atom stereocenters. The van der Waals surface area contributed by atoms with E-state index in [1.54, 1.807) is 13.3 Å². The van der Waals surface area contributed by atoms with Gasteiger partial charge in [0, 0.05) is 43.6 Å². The van der Waals surface area contributed by atoms with Gasteiger partial charge in [-0.2, -0.15) is 10.2 Å². The van der Waals surface area contributed by atoms with Crippen LogP contribution in [0.5, 0.6) is 0 Å². The molecule has 0 radical (unpaired) electrons. The number of nitrogen functional groups attached to an aromatic ring is 1. The maximum atomic E-state index is 6.18. The molecule has 4 rings (SSSR count). The number of benzene rings is 1. The molecule has 4 aromatic rings. The Bertz CT molecular complexity index is 1010. The molecular formula is C18H20N6O. The van der Waals surface area contributed by atoms with E-state index in [-0.39, 0.29) is 0 Å². The van der Waals surface area contributed by atoms with Gasteiger partial charge in [-0.1, -0.05) is 6.07 Å². The van der Waals surface area contributed by atoms with Crippen LogP contribution in [0.15, 0.2) is 36.7 Å². The average molecular weight is 336 g/mol. The second-order valence-electron chi connectivity index (χ2n) is 6.05. The monoisotopic (exact) mass is 336 g/mol. The van der Waals surface area contributed by atoms with E-state index < -0.39 is 0 Å². The van der Waals surface area contributed by atoms with Crippen LogP contribution in [0, 0.1) is 0 Å². The van der Waals surface area contributed by atoms with E-state index in [1.807, 2.05) is 35.1 Å². The molecule has 3 N–H and O–H groups in total. The Hall–Kier alpha value is -2.93. The third-order valence-electron chi connectivity index (χ3n) is 4.33. The lowest BCUT2D eigenvalue weighted by Gasteiger charge is -2.03. The molecule has 1 aromatic carbocycles. The first-order valence-corrected chi connectivity index (χ1v) is 8.31. The number of hydrogen-bond acceptors (Lipinski definition) is 5. The molecule has 0 fully saturated rings. The van der Waals surface area contributed by atoms with Crippen LogP contribution in [0.3, 0.4) is 0 Å². The smallest absolute Gasteiger partial charge is 0.135 e. The van der Waals surface area contributed by atoms with Crippen molar-refractivity contribution in [1.82, 2.24) is 25.0 Å². The normalized spacial score (nSPS) is 11.6. The van der Waals surface area contributed by atoms with Crippen LogP contribution in [0.2, 0.25) is 0 Å². The third kappa shape index (κ3) is 2.94. The number of ether oxygens (including phenoxy) is 1. The Morgan fingerprint density at radius 3 is 2.92 bits per heavy atom. The number of anilines is 1. The molecule has 0 saturated carbocycles. The Labute approximate surface area is 144 Å². The van der Waals surface area contributed by atoms with Gasteiger partial charge in [-0.05, 0) is 31.0 Å². The van der Waals surface area contributed by atoms with Gasteiger partial charge >= 0.3 is 0 Å². The van der Waals surface area contributed by atoms with Crippen LogP contribution >= 0.6 is 0 Å². The maximum absolute atomic E-state index is 6.18. The molecule has 0 aliphatic carbocycles. The summed E-state index contributed by atoms with van der Waals surface area (Å²) in [6.45, 7) is 1.61. The molecular weight excluding hydrogens is 316 g/mol. The fourth-order valence-corrected chi connectivity index (χ4v) is 3.04. The fraction of sp³-hybridized carbons (Fsp3) is 0.278. The zero-order valence-corrected chi connectivity index (χ0v) is 14.1. The van der Waals surface area contributed by atoms with Gasteiger partial charge in [0.05, 0.1) is 16.6 Å². The number of nitrogens with two attached hydrogens (primary N) is 1. The SMILES string of the molecule is COCCCCn1cc2c(N)nc3cc(-c4ccn[nH]4)ccc3c2n1. The van der Waals surface area contributed by atoms with Crippen LogP contribution in [-0.2, 0) is 11.3 Å². The van der Waals surface area contributed by atoms with E-state index in [1.165, 1.54) is 0 Å². The van der Waals surface area contributed by atoms with Crippen molar-refractivity contribution in [3.63, 3.8) is 0 Å². The number of aromatic nitrogens is 5. The zero-order valence-electron chi connectivity index (χ0n) is 14.1. The lowest BCUT2D eigenvalue weighted by molar-refractivity contribution is 0.191. The minimum Gasteiger partial charge on any atom is -0.385 e. The highest BCUT2D eigenvalue weighted by Gasteiger charge is 2.12. The molecule has 128 valence electrons. The van der Waals surface area contributed by atoms with Crippen LogP contribution in [0.4, 0.5) is 5.82 Å². The average Bonchev–Trinajstić information content (AvgIpc) is 3.28. The van der Waals surface area contributed by atoms with Gasteiger partial charge in [-0.25, -0.2) is 4.98 Å². The summed E-state index contributed by atoms with van der Waals surface area (Å²) in [5, 5.41) is 13.6. The Morgan fingerprint density at radius 1 is 1.20 bits per heavy atom. The summed E-state index contributed by atoms with van der Waals surface area (Å²) in [6.07, 6.45) is 5.73. The summed E-state index contributed by atoms with van der Waals surface area (Å²) in [5.41, 5.74) is 9.88. The van der Waals surface area contributed by atoms with Crippen molar-refractivity contribution < 1.29 is 4.74 Å². The quantitative estimate of drug-likeness (QED) is 0.528. The minimum atomic E-state index is 0.507. The van der Waals surface area contributed by atoms with Crippen molar-refractivity contribution in [2.75, 3.05) is 19.5 Å². The van der Waals surface area contributed by atoms with E-state index in [0.717, 1.165) is 59.1 Å². The number of unbranched alkanes of at least 4 members (excludes halogenated alkanes) is 1. The van der Waals surface area contributed by atoms with Crippen molar-refractivity contribution in [3.8, 4) is 11.3 Å². The van der Waals surface area contributed by atoms with Crippen molar-refractivity contribution >= 4 is 27.6 Å². The van der Waals surface area contributed by atoms with Gasteiger partial charge in [-0.3, -0.25) is 9.78 Å². The summed E-state index contributed by atoms with van der Waals surface area (Å²) in [4.78, 5) is 4.57. The molecule has 0 atom stereocenters. The maximum Gasteiger partial charge on any atom is 0.135 e. The number of aryl methyl sites for hydroxylation is 1.